The van der Waals surface area contributed by atoms with Gasteiger partial charge in [0.2, 0.25) is 5.91 Å². The molecular formula is C13H22F2N2O. The van der Waals surface area contributed by atoms with Crippen LogP contribution >= 0.6 is 0 Å². The van der Waals surface area contributed by atoms with Crippen LogP contribution in [0, 0.1) is 11.8 Å². The maximum atomic E-state index is 13.1. The fourth-order valence-corrected chi connectivity index (χ4v) is 2.90. The molecule has 2 saturated heterocycles. The zero-order valence-corrected chi connectivity index (χ0v) is 11.1. The van der Waals surface area contributed by atoms with E-state index in [9.17, 15) is 13.6 Å². The molecule has 0 saturated carbocycles. The van der Waals surface area contributed by atoms with Gasteiger partial charge in [0.05, 0.1) is 12.6 Å². The Morgan fingerprint density at radius 2 is 1.94 bits per heavy atom. The van der Waals surface area contributed by atoms with Crippen LogP contribution in [0.5, 0.6) is 0 Å². The van der Waals surface area contributed by atoms with E-state index >= 15 is 0 Å². The lowest BCUT2D eigenvalue weighted by Gasteiger charge is -2.35. The van der Waals surface area contributed by atoms with Crippen molar-refractivity contribution >= 4 is 5.91 Å². The van der Waals surface area contributed by atoms with Crippen LogP contribution in [-0.2, 0) is 4.79 Å². The molecule has 0 aromatic heterocycles. The summed E-state index contributed by atoms with van der Waals surface area (Å²) in [6.45, 7) is 5.45. The quantitative estimate of drug-likeness (QED) is 0.822. The van der Waals surface area contributed by atoms with Gasteiger partial charge in [0.25, 0.3) is 5.92 Å². The van der Waals surface area contributed by atoms with Crippen molar-refractivity contribution in [2.24, 2.45) is 11.8 Å². The lowest BCUT2D eigenvalue weighted by Crippen LogP contribution is -2.47. The molecule has 3 nitrogen and oxygen atoms in total. The molecule has 0 radical (unpaired) electrons. The number of halogens is 2. The molecule has 0 aromatic rings. The minimum atomic E-state index is -2.73. The van der Waals surface area contributed by atoms with E-state index in [1.807, 2.05) is 0 Å². The molecular weight excluding hydrogens is 238 g/mol. The lowest BCUT2D eigenvalue weighted by atomic mass is 9.86. The van der Waals surface area contributed by atoms with Gasteiger partial charge in [-0.2, -0.15) is 0 Å². The number of nitrogens with one attached hydrogen (secondary N) is 1. The monoisotopic (exact) mass is 260 g/mol. The molecule has 2 rings (SSSR count). The number of amides is 1. The van der Waals surface area contributed by atoms with Crippen LogP contribution in [-0.4, -0.2) is 42.4 Å². The standard InChI is InChI=1S/C13H22F2N2O/c1-9(2)10-3-5-17(6-4-10)12(18)11-7-13(14,15)8-16-11/h9-11,16H,3-8H2,1-2H3. The SMILES string of the molecule is CC(C)C1CCN(C(=O)C2CC(F)(F)CN2)CC1. The van der Waals surface area contributed by atoms with Crippen molar-refractivity contribution < 1.29 is 13.6 Å². The summed E-state index contributed by atoms with van der Waals surface area (Å²) in [6, 6.07) is -0.685. The van der Waals surface area contributed by atoms with Gasteiger partial charge in [-0.3, -0.25) is 10.1 Å². The number of alkyl halides is 2. The predicted molar refractivity (Wildman–Crippen MR) is 65.5 cm³/mol. The Labute approximate surface area is 107 Å². The number of nitrogens with zero attached hydrogens (tertiary/aromatic N) is 1. The maximum absolute atomic E-state index is 13.1. The summed E-state index contributed by atoms with van der Waals surface area (Å²) in [7, 11) is 0. The number of carbonyl (C=O) groups excluding carboxylic acids is 1. The Kier molecular flexibility index (Phi) is 3.90. The van der Waals surface area contributed by atoms with Crippen LogP contribution < -0.4 is 5.32 Å². The first-order chi connectivity index (χ1) is 8.39. The van der Waals surface area contributed by atoms with Crippen LogP contribution in [0.1, 0.15) is 33.1 Å². The first-order valence-electron chi connectivity index (χ1n) is 6.79. The van der Waals surface area contributed by atoms with E-state index in [0.717, 1.165) is 12.8 Å². The lowest BCUT2D eigenvalue weighted by molar-refractivity contribution is -0.135. The van der Waals surface area contributed by atoms with E-state index in [2.05, 4.69) is 19.2 Å². The smallest absolute Gasteiger partial charge is 0.262 e. The maximum Gasteiger partial charge on any atom is 0.262 e. The van der Waals surface area contributed by atoms with Gasteiger partial charge in [-0.15, -0.1) is 0 Å². The molecule has 2 heterocycles. The molecule has 0 bridgehead atoms. The van der Waals surface area contributed by atoms with E-state index < -0.39 is 12.0 Å². The number of carbonyl (C=O) groups is 1. The van der Waals surface area contributed by atoms with E-state index in [1.165, 1.54) is 0 Å². The average molecular weight is 260 g/mol. The largest absolute Gasteiger partial charge is 0.341 e. The van der Waals surface area contributed by atoms with Crippen molar-refractivity contribution in [1.82, 2.24) is 10.2 Å². The van der Waals surface area contributed by atoms with Crippen LogP contribution in [0.15, 0.2) is 0 Å². The number of piperidine rings is 1. The van der Waals surface area contributed by atoms with Gasteiger partial charge in [0.1, 0.15) is 0 Å². The third kappa shape index (κ3) is 2.99. The zero-order chi connectivity index (χ0) is 13.3. The first kappa shape index (κ1) is 13.7. The molecule has 1 N–H and O–H groups in total. The van der Waals surface area contributed by atoms with E-state index in [0.29, 0.717) is 24.9 Å². The normalized spacial score (nSPS) is 28.9. The number of likely N-dealkylation sites (tertiary alicyclic amines) is 1. The van der Waals surface area contributed by atoms with E-state index in [-0.39, 0.29) is 18.9 Å². The second kappa shape index (κ2) is 5.11. The molecule has 18 heavy (non-hydrogen) atoms. The third-order valence-corrected chi connectivity index (χ3v) is 4.20. The summed E-state index contributed by atoms with van der Waals surface area (Å²) in [6.07, 6.45) is 1.63. The second-order valence-electron chi connectivity index (χ2n) is 5.90. The van der Waals surface area contributed by atoms with Crippen molar-refractivity contribution in [3.05, 3.63) is 0 Å². The highest BCUT2D eigenvalue weighted by atomic mass is 19.3. The average Bonchev–Trinajstić information content (AvgIpc) is 2.69. The topological polar surface area (TPSA) is 32.3 Å². The van der Waals surface area contributed by atoms with Crippen molar-refractivity contribution in [3.63, 3.8) is 0 Å². The zero-order valence-electron chi connectivity index (χ0n) is 11.1. The van der Waals surface area contributed by atoms with Crippen LogP contribution in [0.4, 0.5) is 8.78 Å². The van der Waals surface area contributed by atoms with Crippen LogP contribution in [0.2, 0.25) is 0 Å². The van der Waals surface area contributed by atoms with Gasteiger partial charge in [0.15, 0.2) is 0 Å². The molecule has 1 unspecified atom stereocenters. The molecule has 104 valence electrons. The molecule has 5 heteroatoms. The highest BCUT2D eigenvalue weighted by Gasteiger charge is 2.43. The Bertz CT molecular complexity index is 312. The first-order valence-corrected chi connectivity index (χ1v) is 6.79. The summed E-state index contributed by atoms with van der Waals surface area (Å²) in [5.41, 5.74) is 0. The summed E-state index contributed by atoms with van der Waals surface area (Å²) in [5.74, 6) is -1.58. The highest BCUT2D eigenvalue weighted by Crippen LogP contribution is 2.28. The van der Waals surface area contributed by atoms with Crippen LogP contribution in [0.3, 0.4) is 0 Å². The van der Waals surface area contributed by atoms with Gasteiger partial charge in [-0.05, 0) is 24.7 Å². The Morgan fingerprint density at radius 3 is 2.39 bits per heavy atom. The molecule has 2 aliphatic heterocycles. The summed E-state index contributed by atoms with van der Waals surface area (Å²) >= 11 is 0. The van der Waals surface area contributed by atoms with Gasteiger partial charge < -0.3 is 4.90 Å². The Balaban J connectivity index is 1.85. The summed E-state index contributed by atoms with van der Waals surface area (Å²) in [5, 5.41) is 2.64. The van der Waals surface area contributed by atoms with E-state index in [4.69, 9.17) is 0 Å². The third-order valence-electron chi connectivity index (χ3n) is 4.20. The highest BCUT2D eigenvalue weighted by molar-refractivity contribution is 5.82. The molecule has 0 aliphatic carbocycles. The van der Waals surface area contributed by atoms with Gasteiger partial charge >= 0.3 is 0 Å². The van der Waals surface area contributed by atoms with Crippen molar-refractivity contribution in [2.75, 3.05) is 19.6 Å². The summed E-state index contributed by atoms with van der Waals surface area (Å²) < 4.78 is 26.1. The van der Waals surface area contributed by atoms with Gasteiger partial charge in [0, 0.05) is 19.5 Å². The van der Waals surface area contributed by atoms with Crippen molar-refractivity contribution in [2.45, 2.75) is 45.1 Å². The molecule has 1 amide bonds. The summed E-state index contributed by atoms with van der Waals surface area (Å²) in [4.78, 5) is 13.8. The van der Waals surface area contributed by atoms with Gasteiger partial charge in [-0.25, -0.2) is 8.78 Å². The van der Waals surface area contributed by atoms with Crippen molar-refractivity contribution in [1.29, 1.82) is 0 Å². The second-order valence-corrected chi connectivity index (χ2v) is 5.90. The Morgan fingerprint density at radius 1 is 1.33 bits per heavy atom. The number of hydrogen-bond acceptors (Lipinski definition) is 2. The predicted octanol–water partition coefficient (Wildman–Crippen LogP) is 1.88. The minimum Gasteiger partial charge on any atom is -0.341 e. The van der Waals surface area contributed by atoms with Crippen LogP contribution in [0.25, 0.3) is 0 Å². The molecule has 0 spiro atoms. The minimum absolute atomic E-state index is 0.144. The number of hydrogen-bond donors (Lipinski definition) is 1. The van der Waals surface area contributed by atoms with E-state index in [1.54, 1.807) is 4.90 Å². The molecule has 2 fully saturated rings. The van der Waals surface area contributed by atoms with Crippen molar-refractivity contribution in [3.8, 4) is 0 Å². The Hall–Kier alpha value is -0.710. The molecule has 1 atom stereocenters. The fraction of sp³-hybridized carbons (Fsp3) is 0.923. The fourth-order valence-electron chi connectivity index (χ4n) is 2.90. The van der Waals surface area contributed by atoms with Gasteiger partial charge in [-0.1, -0.05) is 13.8 Å². The molecule has 0 aromatic carbocycles. The number of rotatable bonds is 2. The molecule has 2 aliphatic rings.